The second kappa shape index (κ2) is 15.4. The summed E-state index contributed by atoms with van der Waals surface area (Å²) in [5.74, 6) is 0.117. The normalized spacial score (nSPS) is 12.3. The van der Waals surface area contributed by atoms with Gasteiger partial charge >= 0.3 is 11.9 Å². The molecule has 0 radical (unpaired) electrons. The lowest BCUT2D eigenvalue weighted by molar-refractivity contribution is -0.154. The Kier molecular flexibility index (Phi) is 11.7. The highest BCUT2D eigenvalue weighted by molar-refractivity contribution is 5.70. The number of aromatic hydroxyl groups is 2. The Morgan fingerprint density at radius 1 is 0.700 bits per heavy atom. The van der Waals surface area contributed by atoms with E-state index in [1.54, 1.807) is 36.4 Å². The van der Waals surface area contributed by atoms with Crippen LogP contribution < -0.4 is 9.47 Å². The van der Waals surface area contributed by atoms with E-state index in [2.05, 4.69) is 0 Å². The van der Waals surface area contributed by atoms with Crippen molar-refractivity contribution in [3.63, 3.8) is 0 Å². The molecule has 2 unspecified atom stereocenters. The van der Waals surface area contributed by atoms with Crippen LogP contribution in [-0.4, -0.2) is 48.6 Å². The van der Waals surface area contributed by atoms with Crippen molar-refractivity contribution in [1.82, 2.24) is 0 Å². The van der Waals surface area contributed by atoms with E-state index in [1.165, 1.54) is 21.1 Å². The molecule has 0 spiro atoms. The molecule has 3 aromatic carbocycles. The van der Waals surface area contributed by atoms with Crippen LogP contribution in [-0.2, 0) is 38.3 Å². The summed E-state index contributed by atoms with van der Waals surface area (Å²) in [6.45, 7) is 1.36. The molecule has 2 N–H and O–H groups in total. The van der Waals surface area contributed by atoms with Crippen molar-refractivity contribution in [2.24, 2.45) is 0 Å². The first-order chi connectivity index (χ1) is 19.3. The number of carbonyl (C=O) groups excluding carboxylic acids is 2. The minimum Gasteiger partial charge on any atom is -0.504 e. The van der Waals surface area contributed by atoms with Crippen molar-refractivity contribution in [3.8, 4) is 23.0 Å². The molecule has 0 fully saturated rings. The van der Waals surface area contributed by atoms with Gasteiger partial charge in [-0.05, 0) is 73.1 Å². The van der Waals surface area contributed by atoms with Crippen LogP contribution in [0.5, 0.6) is 23.0 Å². The van der Waals surface area contributed by atoms with Crippen molar-refractivity contribution in [3.05, 3.63) is 83.4 Å². The van der Waals surface area contributed by atoms with Crippen LogP contribution >= 0.6 is 0 Å². The Bertz CT molecular complexity index is 1240. The van der Waals surface area contributed by atoms with Gasteiger partial charge in [-0.3, -0.25) is 9.59 Å². The molecule has 0 amide bonds. The lowest BCUT2D eigenvalue weighted by Gasteiger charge is -2.24. The van der Waals surface area contributed by atoms with Crippen LogP contribution in [0.1, 0.15) is 49.3 Å². The van der Waals surface area contributed by atoms with Gasteiger partial charge in [-0.2, -0.15) is 0 Å². The summed E-state index contributed by atoms with van der Waals surface area (Å²) in [5, 5.41) is 19.8. The molecular formula is C32H38O8. The monoisotopic (exact) mass is 550 g/mol. The number of esters is 2. The van der Waals surface area contributed by atoms with Crippen LogP contribution in [0, 0.1) is 0 Å². The number of hydrogen-bond acceptors (Lipinski definition) is 8. The molecule has 3 rings (SSSR count). The van der Waals surface area contributed by atoms with Gasteiger partial charge in [0, 0.05) is 19.8 Å². The molecule has 0 aromatic heterocycles. The first-order valence-corrected chi connectivity index (χ1v) is 13.4. The van der Waals surface area contributed by atoms with Crippen LogP contribution in [0.25, 0.3) is 0 Å². The first kappa shape index (κ1) is 30.3. The molecule has 8 nitrogen and oxygen atoms in total. The maximum atomic E-state index is 12.8. The number of benzene rings is 3. The summed E-state index contributed by atoms with van der Waals surface area (Å²) in [6.07, 6.45) is 2.28. The molecule has 2 atom stereocenters. The van der Waals surface area contributed by atoms with Gasteiger partial charge in [0.1, 0.15) is 12.2 Å². The first-order valence-electron chi connectivity index (χ1n) is 13.4. The highest BCUT2D eigenvalue weighted by atomic mass is 16.6. The second-order valence-corrected chi connectivity index (χ2v) is 9.65. The number of methoxy groups -OCH3 is 2. The highest BCUT2D eigenvalue weighted by Gasteiger charge is 2.23. The number of hydrogen-bond donors (Lipinski definition) is 2. The van der Waals surface area contributed by atoms with Gasteiger partial charge in [0.05, 0.1) is 14.2 Å². The third-order valence-corrected chi connectivity index (χ3v) is 6.62. The highest BCUT2D eigenvalue weighted by Crippen LogP contribution is 2.29. The Morgan fingerprint density at radius 2 is 1.23 bits per heavy atom. The number of carbonyl (C=O) groups is 2. The van der Waals surface area contributed by atoms with E-state index in [9.17, 15) is 19.8 Å². The minimum absolute atomic E-state index is 0.0518. The third kappa shape index (κ3) is 9.84. The van der Waals surface area contributed by atoms with Crippen molar-refractivity contribution in [2.75, 3.05) is 14.2 Å². The van der Waals surface area contributed by atoms with E-state index in [0.717, 1.165) is 16.7 Å². The van der Waals surface area contributed by atoms with Gasteiger partial charge in [-0.15, -0.1) is 0 Å². The molecule has 0 aliphatic heterocycles. The molecule has 0 heterocycles. The van der Waals surface area contributed by atoms with Gasteiger partial charge in [0.15, 0.2) is 23.0 Å². The van der Waals surface area contributed by atoms with E-state index in [-0.39, 0.29) is 23.9 Å². The van der Waals surface area contributed by atoms with Crippen molar-refractivity contribution in [1.29, 1.82) is 0 Å². The van der Waals surface area contributed by atoms with Gasteiger partial charge < -0.3 is 29.2 Å². The molecular weight excluding hydrogens is 512 g/mol. The van der Waals surface area contributed by atoms with Crippen LogP contribution in [0.3, 0.4) is 0 Å². The molecule has 0 saturated carbocycles. The average Bonchev–Trinajstić information content (AvgIpc) is 2.95. The van der Waals surface area contributed by atoms with Gasteiger partial charge in [-0.1, -0.05) is 42.5 Å². The fourth-order valence-corrected chi connectivity index (χ4v) is 4.52. The Labute approximate surface area is 235 Å². The number of aryl methyl sites for hydroxylation is 3. The van der Waals surface area contributed by atoms with E-state index in [1.807, 2.05) is 30.3 Å². The standard InChI is InChI=1S/C32H38O8/c1-22(33)39-26(14-9-24-11-16-28(34)30(19-24)37-2)21-27(15-10-25-12-17-29(35)31(20-25)38-3)40-32(36)18-13-23-7-5-4-6-8-23/h4-8,11-12,16-17,19-20,26-27,34-35H,9-10,13-15,18,21H2,1-3H3. The predicted octanol–water partition coefficient (Wildman–Crippen LogP) is 5.55. The maximum Gasteiger partial charge on any atom is 0.306 e. The largest absolute Gasteiger partial charge is 0.504 e. The maximum absolute atomic E-state index is 12.8. The molecule has 40 heavy (non-hydrogen) atoms. The molecule has 214 valence electrons. The summed E-state index contributed by atoms with van der Waals surface area (Å²) < 4.78 is 22.0. The summed E-state index contributed by atoms with van der Waals surface area (Å²) >= 11 is 0. The number of rotatable bonds is 15. The van der Waals surface area contributed by atoms with Crippen molar-refractivity contribution in [2.45, 2.75) is 64.1 Å². The average molecular weight is 551 g/mol. The van der Waals surface area contributed by atoms with E-state index < -0.39 is 18.2 Å². The Hall–Kier alpha value is -4.20. The summed E-state index contributed by atoms with van der Waals surface area (Å²) in [7, 11) is 2.98. The third-order valence-electron chi connectivity index (χ3n) is 6.62. The van der Waals surface area contributed by atoms with Gasteiger partial charge in [0.2, 0.25) is 0 Å². The lowest BCUT2D eigenvalue weighted by Crippen LogP contribution is -2.28. The van der Waals surface area contributed by atoms with E-state index >= 15 is 0 Å². The number of phenolic OH excluding ortho intramolecular Hbond substituents is 2. The number of ether oxygens (including phenoxy) is 4. The molecule has 0 bridgehead atoms. The van der Waals surface area contributed by atoms with Crippen LogP contribution in [0.4, 0.5) is 0 Å². The minimum atomic E-state index is -0.498. The zero-order valence-corrected chi connectivity index (χ0v) is 23.3. The summed E-state index contributed by atoms with van der Waals surface area (Å²) in [5.41, 5.74) is 2.88. The molecule has 0 aliphatic rings. The predicted molar refractivity (Wildman–Crippen MR) is 151 cm³/mol. The topological polar surface area (TPSA) is 112 Å². The van der Waals surface area contributed by atoms with Crippen LogP contribution in [0.15, 0.2) is 66.7 Å². The Morgan fingerprint density at radius 3 is 1.73 bits per heavy atom. The van der Waals surface area contributed by atoms with E-state index in [0.29, 0.717) is 50.0 Å². The molecule has 0 saturated heterocycles. The lowest BCUT2D eigenvalue weighted by atomic mass is 9.98. The molecule has 8 heteroatoms. The van der Waals surface area contributed by atoms with Crippen LogP contribution in [0.2, 0.25) is 0 Å². The van der Waals surface area contributed by atoms with Crippen molar-refractivity contribution < 1.29 is 38.7 Å². The summed E-state index contributed by atoms with van der Waals surface area (Å²) in [4.78, 5) is 24.8. The van der Waals surface area contributed by atoms with Gasteiger partial charge in [0.25, 0.3) is 0 Å². The zero-order chi connectivity index (χ0) is 28.9. The fourth-order valence-electron chi connectivity index (χ4n) is 4.52. The quantitative estimate of drug-likeness (QED) is 0.237. The smallest absolute Gasteiger partial charge is 0.306 e. The van der Waals surface area contributed by atoms with Gasteiger partial charge in [-0.25, -0.2) is 0 Å². The SMILES string of the molecule is COc1cc(CCC(CC(CCc2ccc(O)c(OC)c2)OC(=O)CCc2ccccc2)OC(C)=O)ccc1O. The zero-order valence-electron chi connectivity index (χ0n) is 23.3. The summed E-state index contributed by atoms with van der Waals surface area (Å²) in [6, 6.07) is 20.0. The number of phenols is 2. The fraction of sp³-hybridized carbons (Fsp3) is 0.375. The molecule has 0 aliphatic carbocycles. The Balaban J connectivity index is 1.70. The van der Waals surface area contributed by atoms with Crippen molar-refractivity contribution >= 4 is 11.9 Å². The molecule has 3 aromatic rings. The second-order valence-electron chi connectivity index (χ2n) is 9.65. The van der Waals surface area contributed by atoms with E-state index in [4.69, 9.17) is 18.9 Å².